The lowest BCUT2D eigenvalue weighted by molar-refractivity contribution is 1.13. The predicted molar refractivity (Wildman–Crippen MR) is 63.5 cm³/mol. The number of hydrogen-bond donors (Lipinski definition) is 0. The number of allylic oxidation sites excluding steroid dienone is 2. The number of rotatable bonds is 3. The van der Waals surface area contributed by atoms with Gasteiger partial charge < -0.3 is 4.90 Å². The van der Waals surface area contributed by atoms with Crippen molar-refractivity contribution >= 4 is 5.69 Å². The summed E-state index contributed by atoms with van der Waals surface area (Å²) in [4.78, 5) is 2.09. The Morgan fingerprint density at radius 1 is 1.36 bits per heavy atom. The van der Waals surface area contributed by atoms with Gasteiger partial charge in [0.15, 0.2) is 0 Å². The van der Waals surface area contributed by atoms with Gasteiger partial charge in [-0.2, -0.15) is 0 Å². The van der Waals surface area contributed by atoms with E-state index in [-0.39, 0.29) is 0 Å². The van der Waals surface area contributed by atoms with Crippen LogP contribution < -0.4 is 4.90 Å². The number of likely N-dealkylation sites (N-methyl/N-ethyl adjacent to an activating group) is 1. The molecule has 0 saturated carbocycles. The lowest BCUT2D eigenvalue weighted by Crippen LogP contribution is -2.14. The van der Waals surface area contributed by atoms with Gasteiger partial charge in [-0.15, -0.1) is 0 Å². The van der Waals surface area contributed by atoms with Crippen LogP contribution in [0.15, 0.2) is 48.7 Å². The van der Waals surface area contributed by atoms with Crippen LogP contribution in [0.4, 0.5) is 5.69 Å². The van der Waals surface area contributed by atoms with Gasteiger partial charge in [0, 0.05) is 18.4 Å². The third-order valence-electron chi connectivity index (χ3n) is 2.27. The highest BCUT2D eigenvalue weighted by atomic mass is 15.1. The van der Waals surface area contributed by atoms with Crippen molar-refractivity contribution in [3.8, 4) is 0 Å². The van der Waals surface area contributed by atoms with E-state index in [1.54, 1.807) is 0 Å². The zero-order chi connectivity index (χ0) is 10.6. The average Bonchev–Trinajstić information content (AvgIpc) is 2.18. The van der Waals surface area contributed by atoms with Gasteiger partial charge in [0.25, 0.3) is 0 Å². The molecule has 0 aliphatic heterocycles. The lowest BCUT2D eigenvalue weighted by atomic mass is 10.2. The summed E-state index contributed by atoms with van der Waals surface area (Å²) in [5.74, 6) is 0. The van der Waals surface area contributed by atoms with E-state index in [1.807, 2.05) is 38.3 Å². The third-order valence-corrected chi connectivity index (χ3v) is 2.27. The molecular formula is C13H17N. The Morgan fingerprint density at radius 2 is 2.00 bits per heavy atom. The SMILES string of the molecule is C=C(/C=C\C)N(C)c1ccccc1C. The highest BCUT2D eigenvalue weighted by Gasteiger charge is 2.03. The summed E-state index contributed by atoms with van der Waals surface area (Å²) >= 11 is 0. The second-order valence-electron chi connectivity index (χ2n) is 3.34. The van der Waals surface area contributed by atoms with Crippen LogP contribution in [0.5, 0.6) is 0 Å². The highest BCUT2D eigenvalue weighted by molar-refractivity contribution is 5.57. The molecule has 1 aromatic carbocycles. The van der Waals surface area contributed by atoms with E-state index in [4.69, 9.17) is 0 Å². The summed E-state index contributed by atoms with van der Waals surface area (Å²) in [5, 5.41) is 0. The van der Waals surface area contributed by atoms with Crippen molar-refractivity contribution in [1.29, 1.82) is 0 Å². The maximum absolute atomic E-state index is 4.00. The van der Waals surface area contributed by atoms with E-state index in [0.29, 0.717) is 0 Å². The minimum absolute atomic E-state index is 1.00. The summed E-state index contributed by atoms with van der Waals surface area (Å²) in [6.07, 6.45) is 4.00. The van der Waals surface area contributed by atoms with E-state index in [1.165, 1.54) is 11.3 Å². The van der Waals surface area contributed by atoms with Gasteiger partial charge in [0.2, 0.25) is 0 Å². The topological polar surface area (TPSA) is 3.24 Å². The van der Waals surface area contributed by atoms with Crippen LogP contribution in [-0.2, 0) is 0 Å². The van der Waals surface area contributed by atoms with Crippen molar-refractivity contribution in [3.05, 3.63) is 54.3 Å². The Bertz CT molecular complexity index is 350. The lowest BCUT2D eigenvalue weighted by Gasteiger charge is -2.21. The van der Waals surface area contributed by atoms with Crippen LogP contribution >= 0.6 is 0 Å². The Hall–Kier alpha value is -1.50. The highest BCUT2D eigenvalue weighted by Crippen LogP contribution is 2.21. The van der Waals surface area contributed by atoms with Crippen molar-refractivity contribution in [2.75, 3.05) is 11.9 Å². The fourth-order valence-corrected chi connectivity index (χ4v) is 1.40. The molecule has 74 valence electrons. The van der Waals surface area contributed by atoms with Crippen molar-refractivity contribution in [1.82, 2.24) is 0 Å². The number of hydrogen-bond acceptors (Lipinski definition) is 1. The molecular weight excluding hydrogens is 170 g/mol. The molecule has 1 heteroatoms. The van der Waals surface area contributed by atoms with Gasteiger partial charge in [-0.25, -0.2) is 0 Å². The largest absolute Gasteiger partial charge is 0.345 e. The summed E-state index contributed by atoms with van der Waals surface area (Å²) < 4.78 is 0. The second kappa shape index (κ2) is 4.66. The fourth-order valence-electron chi connectivity index (χ4n) is 1.40. The zero-order valence-electron chi connectivity index (χ0n) is 9.12. The molecule has 0 N–H and O–H groups in total. The smallest absolute Gasteiger partial charge is 0.0437 e. The molecule has 1 rings (SSSR count). The average molecular weight is 187 g/mol. The first kappa shape index (κ1) is 10.6. The molecule has 14 heavy (non-hydrogen) atoms. The molecule has 0 unspecified atom stereocenters. The number of aryl methyl sites for hydroxylation is 1. The molecule has 0 bridgehead atoms. The first-order valence-electron chi connectivity index (χ1n) is 4.77. The summed E-state index contributed by atoms with van der Waals surface area (Å²) in [5.41, 5.74) is 3.47. The normalized spacial score (nSPS) is 10.5. The number of nitrogens with zero attached hydrogens (tertiary/aromatic N) is 1. The van der Waals surface area contributed by atoms with E-state index in [2.05, 4.69) is 30.5 Å². The quantitative estimate of drug-likeness (QED) is 0.654. The monoisotopic (exact) mass is 187 g/mol. The van der Waals surface area contributed by atoms with Crippen molar-refractivity contribution in [2.45, 2.75) is 13.8 Å². The van der Waals surface area contributed by atoms with E-state index in [0.717, 1.165) is 5.70 Å². The molecule has 0 aliphatic carbocycles. The molecule has 0 atom stereocenters. The van der Waals surface area contributed by atoms with Crippen LogP contribution in [0.2, 0.25) is 0 Å². The fraction of sp³-hybridized carbons (Fsp3) is 0.231. The van der Waals surface area contributed by atoms with E-state index in [9.17, 15) is 0 Å². The van der Waals surface area contributed by atoms with Crippen LogP contribution in [0.1, 0.15) is 12.5 Å². The van der Waals surface area contributed by atoms with Gasteiger partial charge in [0.05, 0.1) is 0 Å². The molecule has 0 heterocycles. The minimum Gasteiger partial charge on any atom is -0.345 e. The predicted octanol–water partition coefficient (Wildman–Crippen LogP) is 3.52. The number of para-hydroxylation sites is 1. The summed E-state index contributed by atoms with van der Waals surface area (Å²) in [6, 6.07) is 8.30. The van der Waals surface area contributed by atoms with Crippen LogP contribution in [0.25, 0.3) is 0 Å². The maximum atomic E-state index is 4.00. The molecule has 0 aliphatic rings. The van der Waals surface area contributed by atoms with Crippen molar-refractivity contribution < 1.29 is 0 Å². The van der Waals surface area contributed by atoms with Crippen molar-refractivity contribution in [2.24, 2.45) is 0 Å². The standard InChI is InChI=1S/C13H17N/c1-5-8-12(3)14(4)13-10-7-6-9-11(13)2/h5-10H,3H2,1-2,4H3/b8-5-. The molecule has 1 nitrogen and oxygen atoms in total. The molecule has 0 spiro atoms. The molecule has 0 amide bonds. The minimum atomic E-state index is 1.00. The van der Waals surface area contributed by atoms with Crippen LogP contribution in [0.3, 0.4) is 0 Å². The number of anilines is 1. The first-order chi connectivity index (χ1) is 6.66. The Labute approximate surface area is 86.4 Å². The number of benzene rings is 1. The summed E-state index contributed by atoms with van der Waals surface area (Å²) in [6.45, 7) is 8.10. The van der Waals surface area contributed by atoms with Gasteiger partial charge in [-0.05, 0) is 31.6 Å². The van der Waals surface area contributed by atoms with Crippen molar-refractivity contribution in [3.63, 3.8) is 0 Å². The Balaban J connectivity index is 2.95. The van der Waals surface area contributed by atoms with Crippen LogP contribution in [0, 0.1) is 6.92 Å². The van der Waals surface area contributed by atoms with E-state index >= 15 is 0 Å². The van der Waals surface area contributed by atoms with Gasteiger partial charge in [0.1, 0.15) is 0 Å². The van der Waals surface area contributed by atoms with Gasteiger partial charge in [-0.3, -0.25) is 0 Å². The van der Waals surface area contributed by atoms with Gasteiger partial charge >= 0.3 is 0 Å². The second-order valence-corrected chi connectivity index (χ2v) is 3.34. The Kier molecular flexibility index (Phi) is 3.52. The van der Waals surface area contributed by atoms with Gasteiger partial charge in [-0.1, -0.05) is 30.9 Å². The molecule has 0 aromatic heterocycles. The molecule has 0 saturated heterocycles. The molecule has 0 fully saturated rings. The first-order valence-corrected chi connectivity index (χ1v) is 4.77. The van der Waals surface area contributed by atoms with Crippen LogP contribution in [-0.4, -0.2) is 7.05 Å². The van der Waals surface area contributed by atoms with E-state index < -0.39 is 0 Å². The third kappa shape index (κ3) is 2.25. The maximum Gasteiger partial charge on any atom is 0.0437 e. The molecule has 1 aromatic rings. The summed E-state index contributed by atoms with van der Waals surface area (Å²) in [7, 11) is 2.03. The molecule has 0 radical (unpaired) electrons. The Morgan fingerprint density at radius 3 is 2.57 bits per heavy atom. The zero-order valence-corrected chi connectivity index (χ0v) is 9.12.